The molecule has 1 aromatic heterocycles. The van der Waals surface area contributed by atoms with E-state index in [0.717, 1.165) is 22.7 Å². The van der Waals surface area contributed by atoms with E-state index in [1.165, 1.54) is 6.08 Å². The topological polar surface area (TPSA) is 69.0 Å². The van der Waals surface area contributed by atoms with Crippen molar-refractivity contribution in [2.45, 2.75) is 26.7 Å². The van der Waals surface area contributed by atoms with Gasteiger partial charge in [-0.2, -0.15) is 0 Å². The van der Waals surface area contributed by atoms with Gasteiger partial charge in [0.2, 0.25) is 5.91 Å². The van der Waals surface area contributed by atoms with Gasteiger partial charge in [0.05, 0.1) is 24.2 Å². The SMILES string of the molecule is CCOc1ccc(/C=C/C(=O)Nc2cccc(-n3nncc3C(C)C)c2)cc1. The van der Waals surface area contributed by atoms with Crippen molar-refractivity contribution in [3.63, 3.8) is 0 Å². The minimum absolute atomic E-state index is 0.200. The molecule has 1 amide bonds. The molecule has 0 radical (unpaired) electrons. The predicted molar refractivity (Wildman–Crippen MR) is 111 cm³/mol. The standard InChI is InChI=1S/C22H24N4O2/c1-4-28-20-11-8-17(9-12-20)10-13-22(27)24-18-6-5-7-19(14-18)26-21(16(2)3)15-23-25-26/h5-16H,4H2,1-3H3,(H,24,27)/b13-10+. The van der Waals surface area contributed by atoms with Crippen LogP contribution in [0.1, 0.15) is 37.9 Å². The molecule has 6 nitrogen and oxygen atoms in total. The molecule has 0 spiro atoms. The number of hydrogen-bond donors (Lipinski definition) is 1. The Morgan fingerprint density at radius 3 is 2.71 bits per heavy atom. The Kier molecular flexibility index (Phi) is 6.22. The lowest BCUT2D eigenvalue weighted by atomic mass is 10.1. The van der Waals surface area contributed by atoms with E-state index in [4.69, 9.17) is 4.74 Å². The summed E-state index contributed by atoms with van der Waals surface area (Å²) in [4.78, 5) is 12.3. The van der Waals surface area contributed by atoms with Crippen LogP contribution in [0.3, 0.4) is 0 Å². The summed E-state index contributed by atoms with van der Waals surface area (Å²) < 4.78 is 7.20. The number of anilines is 1. The van der Waals surface area contributed by atoms with Crippen molar-refractivity contribution < 1.29 is 9.53 Å². The third-order valence-electron chi connectivity index (χ3n) is 4.14. The maximum Gasteiger partial charge on any atom is 0.248 e. The summed E-state index contributed by atoms with van der Waals surface area (Å²) in [7, 11) is 0. The predicted octanol–water partition coefficient (Wildman–Crippen LogP) is 4.44. The van der Waals surface area contributed by atoms with Crippen molar-refractivity contribution in [1.29, 1.82) is 0 Å². The van der Waals surface area contributed by atoms with Gasteiger partial charge in [0, 0.05) is 11.8 Å². The lowest BCUT2D eigenvalue weighted by molar-refractivity contribution is -0.111. The van der Waals surface area contributed by atoms with Crippen LogP contribution in [0, 0.1) is 0 Å². The first kappa shape index (κ1) is 19.4. The van der Waals surface area contributed by atoms with E-state index >= 15 is 0 Å². The molecule has 2 aromatic carbocycles. The Hall–Kier alpha value is -3.41. The molecule has 0 saturated heterocycles. The van der Waals surface area contributed by atoms with Crippen molar-refractivity contribution in [2.24, 2.45) is 0 Å². The van der Waals surface area contributed by atoms with Gasteiger partial charge in [0.25, 0.3) is 0 Å². The second-order valence-electron chi connectivity index (χ2n) is 6.60. The van der Waals surface area contributed by atoms with Crippen LogP contribution in [-0.4, -0.2) is 27.5 Å². The van der Waals surface area contributed by atoms with Crippen LogP contribution in [0.2, 0.25) is 0 Å². The first-order chi connectivity index (χ1) is 13.6. The molecule has 0 aliphatic carbocycles. The van der Waals surface area contributed by atoms with Gasteiger partial charge in [-0.25, -0.2) is 4.68 Å². The fourth-order valence-corrected chi connectivity index (χ4v) is 2.75. The van der Waals surface area contributed by atoms with Gasteiger partial charge in [-0.05, 0) is 54.8 Å². The Labute approximate surface area is 164 Å². The molecular formula is C22H24N4O2. The molecule has 1 heterocycles. The number of hydrogen-bond acceptors (Lipinski definition) is 4. The fraction of sp³-hybridized carbons (Fsp3) is 0.227. The summed E-state index contributed by atoms with van der Waals surface area (Å²) in [5.74, 6) is 0.911. The zero-order valence-corrected chi connectivity index (χ0v) is 16.3. The van der Waals surface area contributed by atoms with E-state index in [0.29, 0.717) is 18.2 Å². The van der Waals surface area contributed by atoms with Crippen LogP contribution >= 0.6 is 0 Å². The molecule has 144 valence electrons. The van der Waals surface area contributed by atoms with E-state index in [-0.39, 0.29) is 5.91 Å². The van der Waals surface area contributed by atoms with Crippen LogP contribution in [-0.2, 0) is 4.79 Å². The molecule has 0 fully saturated rings. The summed E-state index contributed by atoms with van der Waals surface area (Å²) >= 11 is 0. The highest BCUT2D eigenvalue weighted by Crippen LogP contribution is 2.20. The number of nitrogens with zero attached hydrogens (tertiary/aromatic N) is 3. The second-order valence-corrected chi connectivity index (χ2v) is 6.60. The van der Waals surface area contributed by atoms with E-state index in [9.17, 15) is 4.79 Å². The molecule has 6 heteroatoms. The second kappa shape index (κ2) is 8.99. The van der Waals surface area contributed by atoms with Gasteiger partial charge >= 0.3 is 0 Å². The molecule has 3 aromatic rings. The highest BCUT2D eigenvalue weighted by atomic mass is 16.5. The molecule has 0 aliphatic rings. The van der Waals surface area contributed by atoms with Gasteiger partial charge in [0.15, 0.2) is 0 Å². The normalized spacial score (nSPS) is 11.1. The molecule has 1 N–H and O–H groups in total. The lowest BCUT2D eigenvalue weighted by Crippen LogP contribution is -2.09. The maximum atomic E-state index is 12.3. The van der Waals surface area contributed by atoms with Crippen LogP contribution in [0.5, 0.6) is 5.75 Å². The average molecular weight is 376 g/mol. The van der Waals surface area contributed by atoms with Crippen molar-refractivity contribution >= 4 is 17.7 Å². The number of amides is 1. The lowest BCUT2D eigenvalue weighted by Gasteiger charge is -2.10. The molecule has 0 aliphatic heterocycles. The van der Waals surface area contributed by atoms with Gasteiger partial charge in [-0.1, -0.05) is 37.3 Å². The summed E-state index contributed by atoms with van der Waals surface area (Å²) in [6.07, 6.45) is 5.04. The van der Waals surface area contributed by atoms with Crippen molar-refractivity contribution in [1.82, 2.24) is 15.0 Å². The van der Waals surface area contributed by atoms with Crippen LogP contribution in [0.4, 0.5) is 5.69 Å². The monoisotopic (exact) mass is 376 g/mol. The van der Waals surface area contributed by atoms with E-state index in [1.54, 1.807) is 17.0 Å². The Morgan fingerprint density at radius 1 is 1.21 bits per heavy atom. The van der Waals surface area contributed by atoms with Crippen LogP contribution in [0.15, 0.2) is 60.8 Å². The van der Waals surface area contributed by atoms with Gasteiger partial charge in [-0.3, -0.25) is 4.79 Å². The quantitative estimate of drug-likeness (QED) is 0.619. The number of carbonyl (C=O) groups excluding carboxylic acids is 1. The maximum absolute atomic E-state index is 12.3. The number of aromatic nitrogens is 3. The van der Waals surface area contributed by atoms with E-state index < -0.39 is 0 Å². The highest BCUT2D eigenvalue weighted by molar-refractivity contribution is 6.02. The summed E-state index contributed by atoms with van der Waals surface area (Å²) in [6, 6.07) is 15.1. The van der Waals surface area contributed by atoms with Crippen molar-refractivity contribution in [3.05, 3.63) is 72.1 Å². The smallest absolute Gasteiger partial charge is 0.248 e. The zero-order valence-electron chi connectivity index (χ0n) is 16.3. The molecule has 0 atom stereocenters. The number of benzene rings is 2. The van der Waals surface area contributed by atoms with Gasteiger partial charge < -0.3 is 10.1 Å². The van der Waals surface area contributed by atoms with E-state index in [2.05, 4.69) is 29.5 Å². The number of rotatable bonds is 7. The number of nitrogens with one attached hydrogen (secondary N) is 1. The zero-order chi connectivity index (χ0) is 19.9. The van der Waals surface area contributed by atoms with Crippen molar-refractivity contribution in [2.75, 3.05) is 11.9 Å². The van der Waals surface area contributed by atoms with Crippen LogP contribution < -0.4 is 10.1 Å². The minimum Gasteiger partial charge on any atom is -0.494 e. The van der Waals surface area contributed by atoms with E-state index in [1.807, 2.05) is 55.5 Å². The third kappa shape index (κ3) is 4.85. The fourth-order valence-electron chi connectivity index (χ4n) is 2.75. The molecule has 0 unspecified atom stereocenters. The first-order valence-electron chi connectivity index (χ1n) is 9.29. The molecule has 0 saturated carbocycles. The van der Waals surface area contributed by atoms with Gasteiger partial charge in [-0.15, -0.1) is 5.10 Å². The molecular weight excluding hydrogens is 352 g/mol. The Bertz CT molecular complexity index is 959. The largest absolute Gasteiger partial charge is 0.494 e. The van der Waals surface area contributed by atoms with Crippen LogP contribution in [0.25, 0.3) is 11.8 Å². The summed E-state index contributed by atoms with van der Waals surface area (Å²) in [5, 5.41) is 11.0. The first-order valence-corrected chi connectivity index (χ1v) is 9.29. The molecule has 0 bridgehead atoms. The molecule has 28 heavy (non-hydrogen) atoms. The van der Waals surface area contributed by atoms with Gasteiger partial charge in [0.1, 0.15) is 5.75 Å². The number of ether oxygens (including phenoxy) is 1. The minimum atomic E-state index is -0.200. The third-order valence-corrected chi connectivity index (χ3v) is 4.14. The Balaban J connectivity index is 1.68. The summed E-state index contributed by atoms with van der Waals surface area (Å²) in [6.45, 7) is 6.75. The number of carbonyl (C=O) groups is 1. The summed E-state index contributed by atoms with van der Waals surface area (Å²) in [5.41, 5.74) is 3.49. The average Bonchev–Trinajstić information content (AvgIpc) is 3.18. The highest BCUT2D eigenvalue weighted by Gasteiger charge is 2.10. The Morgan fingerprint density at radius 2 is 2.00 bits per heavy atom. The molecule has 3 rings (SSSR count). The van der Waals surface area contributed by atoms with Crippen molar-refractivity contribution in [3.8, 4) is 11.4 Å².